The van der Waals surface area contributed by atoms with E-state index in [0.717, 1.165) is 78.9 Å². The van der Waals surface area contributed by atoms with Crippen LogP contribution in [0, 0.1) is 0 Å². The predicted octanol–water partition coefficient (Wildman–Crippen LogP) is 15.7. The van der Waals surface area contributed by atoms with Gasteiger partial charge in [0.1, 0.15) is 24.9 Å². The van der Waals surface area contributed by atoms with Crippen molar-refractivity contribution in [1.82, 2.24) is 0 Å². The minimum atomic E-state index is -5.94. The van der Waals surface area contributed by atoms with Crippen LogP contribution in [0.1, 0.15) is 82.9 Å². The van der Waals surface area contributed by atoms with Crippen molar-refractivity contribution in [3.63, 3.8) is 0 Å². The second-order valence-electron chi connectivity index (χ2n) is 22.7. The molecular formula is C68H38Cl16O19. The van der Waals surface area contributed by atoms with E-state index in [1.807, 2.05) is 0 Å². The molecule has 7 N–H and O–H groups in total. The van der Waals surface area contributed by atoms with E-state index in [1.54, 1.807) is 0 Å². The third kappa shape index (κ3) is 13.1. The van der Waals surface area contributed by atoms with Crippen LogP contribution in [-0.2, 0) is 18.9 Å². The average Bonchev–Trinajstić information content (AvgIpc) is 1.08. The number of halogens is 16. The summed E-state index contributed by atoms with van der Waals surface area (Å²) in [4.78, 5) is 142. The number of aliphatic hydroxyl groups is 7. The van der Waals surface area contributed by atoms with Gasteiger partial charge in [0.05, 0.1) is 52.4 Å². The van der Waals surface area contributed by atoms with E-state index in [0.29, 0.717) is 66.7 Å². The molecule has 0 aromatic heterocycles. The highest BCUT2D eigenvalue weighted by atomic mass is 35.5. The molecule has 19 nitrogen and oxygen atoms in total. The van der Waals surface area contributed by atoms with Crippen molar-refractivity contribution in [3.05, 3.63) is 270 Å². The van der Waals surface area contributed by atoms with Gasteiger partial charge in [-0.2, -0.15) is 0 Å². The first kappa shape index (κ1) is 80.7. The zero-order chi connectivity index (χ0) is 75.9. The van der Waals surface area contributed by atoms with Crippen molar-refractivity contribution in [2.24, 2.45) is 0 Å². The molecule has 2 heterocycles. The maximum absolute atomic E-state index is 18.5. The summed E-state index contributed by atoms with van der Waals surface area (Å²) in [5, 5.41) is 83.5. The second-order valence-corrected chi connectivity index (χ2v) is 29.5. The number of ether oxygens (including phenoxy) is 4. The molecule has 2 aliphatic rings. The lowest BCUT2D eigenvalue weighted by atomic mass is 9.46. The van der Waals surface area contributed by atoms with Crippen LogP contribution in [0.25, 0.3) is 0 Å². The van der Waals surface area contributed by atoms with E-state index in [1.165, 1.54) is 0 Å². The summed E-state index contributed by atoms with van der Waals surface area (Å²) < 4.78 is 26.2. The summed E-state index contributed by atoms with van der Waals surface area (Å²) in [6.07, 6.45) is -8.14. The molecular weight excluding hydrogens is 1690 g/mol. The molecule has 10 rings (SSSR count). The predicted molar refractivity (Wildman–Crippen MR) is 386 cm³/mol. The van der Waals surface area contributed by atoms with Gasteiger partial charge in [-0.1, -0.05) is 186 Å². The van der Waals surface area contributed by atoms with E-state index in [2.05, 4.69) is 0 Å². The first-order valence-corrected chi connectivity index (χ1v) is 34.8. The Labute approximate surface area is 660 Å². The third-order valence-corrected chi connectivity index (χ3v) is 21.3. The van der Waals surface area contributed by atoms with Crippen molar-refractivity contribution in [1.29, 1.82) is 0 Å². The highest BCUT2D eigenvalue weighted by Gasteiger charge is 2.98. The van der Waals surface area contributed by atoms with Crippen LogP contribution in [0.5, 0.6) is 0 Å². The van der Waals surface area contributed by atoms with Gasteiger partial charge in [0.2, 0.25) is 68.7 Å². The number of benzene rings is 8. The molecule has 0 spiro atoms. The van der Waals surface area contributed by atoms with Gasteiger partial charge in [-0.15, -0.1) is 0 Å². The number of Topliss-reactive ketones (excluding diaryl/α,β-unsaturated/α-hetero) is 7. The molecule has 8 aromatic carbocycles. The molecule has 0 aliphatic carbocycles. The van der Waals surface area contributed by atoms with Crippen LogP contribution in [0.15, 0.2) is 146 Å². The number of esters is 1. The molecule has 103 heavy (non-hydrogen) atoms. The van der Waals surface area contributed by atoms with Crippen molar-refractivity contribution in [2.75, 3.05) is 13.2 Å². The Morgan fingerprint density at radius 2 is 0.689 bits per heavy atom. The molecule has 0 saturated carbocycles. The number of hydrogen-bond acceptors (Lipinski definition) is 19. The van der Waals surface area contributed by atoms with E-state index >= 15 is 53.7 Å². The summed E-state index contributed by atoms with van der Waals surface area (Å²) in [6.45, 7) is -3.61. The van der Waals surface area contributed by atoms with Crippen LogP contribution in [0.4, 0.5) is 0 Å². The Hall–Kier alpha value is -4.84. The molecule has 0 radical (unpaired) electrons. The summed E-state index contributed by atoms with van der Waals surface area (Å²) in [6, 6.07) is 17.3. The number of rotatable bonds is 21. The number of carbonyl (C=O) groups excluding carboxylic acids is 8. The first-order chi connectivity index (χ1) is 48.2. The van der Waals surface area contributed by atoms with E-state index in [4.69, 9.17) is 205 Å². The van der Waals surface area contributed by atoms with E-state index < -0.39 is 227 Å². The molecule has 2 saturated heterocycles. The van der Waals surface area contributed by atoms with Crippen molar-refractivity contribution in [3.8, 4) is 0 Å². The van der Waals surface area contributed by atoms with Gasteiger partial charge in [-0.25, -0.2) is 4.79 Å². The van der Waals surface area contributed by atoms with Gasteiger partial charge in [0.15, 0.2) is 0 Å². The summed E-state index contributed by atoms with van der Waals surface area (Å²) in [5.41, 5.74) is -39.7. The molecule has 1 unspecified atom stereocenters. The fourth-order valence-electron chi connectivity index (χ4n) is 12.1. The SMILES string of the molecule is O=C(O[C@@]1(C(=O)c2ccc(Cl)cc2Cl)[C@@](O)(C(=O)c2ccc(Cl)cc2Cl)[C@](O)(C(=O)c2ccc(Cl)cc2Cl)[C@@](OC2(CO)O[C@H](CO)[C@@H](O)[C@@H]2O)(C(=O)c2ccc(Cl)cc2Cl)O[C@]1(C(=O)c1ccc(Cl)cc1Cl)C(O)(C(=O)c1ccc(Cl)cc1Cl)C(=O)c1ccc(Cl)cc1Cl)c1ccc(Cl)cc1Cl. The highest BCUT2D eigenvalue weighted by Crippen LogP contribution is 2.67. The van der Waals surface area contributed by atoms with Crippen molar-refractivity contribution in [2.45, 2.75) is 57.9 Å². The largest absolute Gasteiger partial charge is 0.439 e. The van der Waals surface area contributed by atoms with Gasteiger partial charge in [-0.05, 0) is 146 Å². The van der Waals surface area contributed by atoms with E-state index in [-0.39, 0.29) is 15.1 Å². The molecule has 2 aliphatic heterocycles. The Bertz CT molecular complexity index is 4880. The van der Waals surface area contributed by atoms with Crippen LogP contribution in [-0.4, -0.2) is 153 Å². The number of carbonyl (C=O) groups is 8. The lowest BCUT2D eigenvalue weighted by Crippen LogP contribution is -2.99. The number of hydrogen-bond donors (Lipinski definition) is 7. The van der Waals surface area contributed by atoms with Crippen LogP contribution in [0.3, 0.4) is 0 Å². The zero-order valence-corrected chi connectivity index (χ0v) is 62.7. The maximum atomic E-state index is 18.5. The Kier molecular flexibility index (Phi) is 23.7. The quantitative estimate of drug-likeness (QED) is 0.0200. The molecule has 9 atom stereocenters. The average molecular weight is 1730 g/mol. The summed E-state index contributed by atoms with van der Waals surface area (Å²) in [7, 11) is 0. The topological polar surface area (TPSA) is 315 Å². The fourth-order valence-corrected chi connectivity index (χ4v) is 16.1. The lowest BCUT2D eigenvalue weighted by molar-refractivity contribution is -0.456. The Morgan fingerprint density at radius 1 is 0.398 bits per heavy atom. The molecule has 8 aromatic rings. The van der Waals surface area contributed by atoms with E-state index in [9.17, 15) is 20.4 Å². The minimum Gasteiger partial charge on any atom is -0.439 e. The Morgan fingerprint density at radius 3 is 1.00 bits per heavy atom. The third-order valence-electron chi connectivity index (χ3n) is 16.9. The molecule has 536 valence electrons. The summed E-state index contributed by atoms with van der Waals surface area (Å²) >= 11 is 108. The van der Waals surface area contributed by atoms with Gasteiger partial charge in [-0.3, -0.25) is 33.6 Å². The Balaban J connectivity index is 1.69. The molecule has 35 heteroatoms. The first-order valence-electron chi connectivity index (χ1n) is 28.8. The normalized spacial score (nSPS) is 24.0. The van der Waals surface area contributed by atoms with Crippen LogP contribution >= 0.6 is 186 Å². The lowest BCUT2D eigenvalue weighted by Gasteiger charge is -2.68. The van der Waals surface area contributed by atoms with Gasteiger partial charge in [0, 0.05) is 79.1 Å². The second kappa shape index (κ2) is 30.3. The number of ketones is 7. The smallest absolute Gasteiger partial charge is 0.340 e. The van der Waals surface area contributed by atoms with Gasteiger partial charge < -0.3 is 54.7 Å². The van der Waals surface area contributed by atoms with Crippen molar-refractivity contribution >= 4 is 232 Å². The van der Waals surface area contributed by atoms with Gasteiger partial charge in [0.25, 0.3) is 11.4 Å². The minimum absolute atomic E-state index is 0.304. The fraction of sp³-hybridized carbons (Fsp3) is 0.176. The van der Waals surface area contributed by atoms with Crippen molar-refractivity contribution < 1.29 is 93.0 Å². The zero-order valence-electron chi connectivity index (χ0n) is 50.6. The molecule has 0 bridgehead atoms. The van der Waals surface area contributed by atoms with Crippen LogP contribution < -0.4 is 0 Å². The molecule has 0 amide bonds. The van der Waals surface area contributed by atoms with Crippen LogP contribution in [0.2, 0.25) is 80.4 Å². The highest BCUT2D eigenvalue weighted by molar-refractivity contribution is 6.46. The maximum Gasteiger partial charge on any atom is 0.340 e. The van der Waals surface area contributed by atoms with Gasteiger partial charge >= 0.3 is 5.97 Å². The summed E-state index contributed by atoms with van der Waals surface area (Å²) in [5.74, 6) is -30.4. The standard InChI is InChI=1S/C68H38Cl16O19/c69-27-1-9-35(43(77)17-27)53(88)63(97,54(89)36-10-2-28(70)18-44(36)78)66(57(92)39-13-5-31(73)21-47(39)81)67(58(93)40-14-6-32(74)22-48(40)82,101-61(96)42-16-8-34(76)24-50(42)84)64(98,55(90)37-11-3-29(71)19-45(37)79)65(99,56(91)38-12-4-30(72)20-46(38)80)68(103-66,59(94)41-15-7-33(75)23-49(41)83)102-62(26-86)60(95)52(87)51(25-85)100-62/h1-24,51-52,60,85-87,95,97-99H,25-26H2/t51-,52-,60+,62?,64-,65-,66-,67+,68-/m1/s1. The monoisotopic (exact) mass is 1720 g/mol. The molecule has 2 fully saturated rings. The number of aliphatic hydroxyl groups excluding tert-OH is 4.